The average molecular weight is 392 g/mol. The number of rotatable bonds is 5. The lowest BCUT2D eigenvalue weighted by Gasteiger charge is -2.13. The van der Waals surface area contributed by atoms with Crippen LogP contribution >= 0.6 is 11.8 Å². The molecule has 1 heterocycles. The number of nitrogens with one attached hydrogen (secondary N) is 2. The van der Waals surface area contributed by atoms with Gasteiger partial charge < -0.3 is 0 Å². The zero-order valence-corrected chi connectivity index (χ0v) is 16.4. The Morgan fingerprint density at radius 3 is 2.25 bits per heavy atom. The molecule has 0 bridgehead atoms. The van der Waals surface area contributed by atoms with Crippen molar-refractivity contribution < 1.29 is 9.59 Å². The highest BCUT2D eigenvalue weighted by atomic mass is 32.2. The number of amides is 2. The lowest BCUT2D eigenvalue weighted by molar-refractivity contribution is -0.121. The van der Waals surface area contributed by atoms with E-state index in [-0.39, 0.29) is 11.8 Å². The SMILES string of the molecule is Cc1cc(-c2ccccc2)nc(S[C@H](C)C(=O)NNC(=O)c2ccccc2)n1. The zero-order chi connectivity index (χ0) is 19.9. The quantitative estimate of drug-likeness (QED) is 0.395. The molecule has 2 amide bonds. The van der Waals surface area contributed by atoms with Crippen molar-refractivity contribution in [1.82, 2.24) is 20.8 Å². The number of aryl methyl sites for hydroxylation is 1. The largest absolute Gasteiger partial charge is 0.272 e. The van der Waals surface area contributed by atoms with Crippen molar-refractivity contribution in [2.45, 2.75) is 24.3 Å². The Morgan fingerprint density at radius 1 is 0.929 bits per heavy atom. The monoisotopic (exact) mass is 392 g/mol. The van der Waals surface area contributed by atoms with E-state index >= 15 is 0 Å². The van der Waals surface area contributed by atoms with Crippen LogP contribution in [0.3, 0.4) is 0 Å². The standard InChI is InChI=1S/C21H20N4O2S/c1-14-13-18(16-9-5-3-6-10-16)23-21(22-14)28-15(2)19(26)24-25-20(27)17-11-7-4-8-12-17/h3-13,15H,1-2H3,(H,24,26)(H,25,27)/t15-/m1/s1. The number of hydrogen-bond acceptors (Lipinski definition) is 5. The fourth-order valence-corrected chi connectivity index (χ4v) is 3.27. The van der Waals surface area contributed by atoms with Gasteiger partial charge in [0.05, 0.1) is 10.9 Å². The summed E-state index contributed by atoms with van der Waals surface area (Å²) < 4.78 is 0. The van der Waals surface area contributed by atoms with E-state index in [1.54, 1.807) is 31.2 Å². The highest BCUT2D eigenvalue weighted by molar-refractivity contribution is 8.00. The first-order valence-corrected chi connectivity index (χ1v) is 9.64. The van der Waals surface area contributed by atoms with Crippen LogP contribution in [0.5, 0.6) is 0 Å². The summed E-state index contributed by atoms with van der Waals surface area (Å²) in [4.78, 5) is 33.3. The minimum absolute atomic E-state index is 0.333. The highest BCUT2D eigenvalue weighted by Crippen LogP contribution is 2.24. The molecule has 3 aromatic rings. The molecule has 0 aliphatic carbocycles. The van der Waals surface area contributed by atoms with Gasteiger partial charge in [0.15, 0.2) is 5.16 Å². The number of thioether (sulfide) groups is 1. The van der Waals surface area contributed by atoms with Crippen molar-refractivity contribution in [3.8, 4) is 11.3 Å². The van der Waals surface area contributed by atoms with Crippen LogP contribution < -0.4 is 10.9 Å². The van der Waals surface area contributed by atoms with Crippen molar-refractivity contribution >= 4 is 23.6 Å². The lowest BCUT2D eigenvalue weighted by Crippen LogP contribution is -2.44. The molecule has 2 N–H and O–H groups in total. The van der Waals surface area contributed by atoms with E-state index < -0.39 is 5.25 Å². The molecule has 0 aliphatic rings. The second-order valence-electron chi connectivity index (χ2n) is 6.11. The third-order valence-electron chi connectivity index (χ3n) is 3.89. The van der Waals surface area contributed by atoms with Gasteiger partial charge >= 0.3 is 0 Å². The van der Waals surface area contributed by atoms with Gasteiger partial charge in [0.25, 0.3) is 11.8 Å². The summed E-state index contributed by atoms with van der Waals surface area (Å²) in [6.07, 6.45) is 0. The molecule has 0 radical (unpaired) electrons. The first-order valence-electron chi connectivity index (χ1n) is 8.76. The molecular weight excluding hydrogens is 372 g/mol. The Morgan fingerprint density at radius 2 is 1.57 bits per heavy atom. The summed E-state index contributed by atoms with van der Waals surface area (Å²) >= 11 is 1.24. The number of benzene rings is 2. The molecule has 0 spiro atoms. The van der Waals surface area contributed by atoms with Crippen molar-refractivity contribution in [2.75, 3.05) is 0 Å². The maximum atomic E-state index is 12.3. The van der Waals surface area contributed by atoms with Crippen LogP contribution in [0.1, 0.15) is 23.0 Å². The highest BCUT2D eigenvalue weighted by Gasteiger charge is 2.18. The summed E-state index contributed by atoms with van der Waals surface area (Å²) in [6, 6.07) is 20.4. The average Bonchev–Trinajstić information content (AvgIpc) is 2.72. The maximum Gasteiger partial charge on any atom is 0.269 e. The molecule has 3 rings (SSSR count). The smallest absolute Gasteiger partial charge is 0.269 e. The molecule has 1 atom stereocenters. The van der Waals surface area contributed by atoms with E-state index in [1.807, 2.05) is 49.4 Å². The predicted molar refractivity (Wildman–Crippen MR) is 110 cm³/mol. The van der Waals surface area contributed by atoms with E-state index in [0.717, 1.165) is 17.0 Å². The van der Waals surface area contributed by atoms with Crippen LogP contribution in [0.2, 0.25) is 0 Å². The van der Waals surface area contributed by atoms with Crippen molar-refractivity contribution in [3.05, 3.63) is 78.0 Å². The molecular formula is C21H20N4O2S. The number of nitrogens with zero attached hydrogens (tertiary/aromatic N) is 2. The molecule has 28 heavy (non-hydrogen) atoms. The Kier molecular flexibility index (Phi) is 6.39. The first kappa shape index (κ1) is 19.6. The minimum Gasteiger partial charge on any atom is -0.272 e. The van der Waals surface area contributed by atoms with Gasteiger partial charge in [-0.1, -0.05) is 60.3 Å². The van der Waals surface area contributed by atoms with Crippen LogP contribution in [0.4, 0.5) is 0 Å². The van der Waals surface area contributed by atoms with Gasteiger partial charge in [-0.3, -0.25) is 20.4 Å². The topological polar surface area (TPSA) is 84.0 Å². The Bertz CT molecular complexity index is 965. The molecule has 0 saturated carbocycles. The van der Waals surface area contributed by atoms with Crippen LogP contribution in [0.25, 0.3) is 11.3 Å². The van der Waals surface area contributed by atoms with E-state index in [4.69, 9.17) is 0 Å². The second kappa shape index (κ2) is 9.14. The van der Waals surface area contributed by atoms with E-state index in [9.17, 15) is 9.59 Å². The van der Waals surface area contributed by atoms with Gasteiger partial charge in [0.1, 0.15) is 0 Å². The number of hydrazine groups is 1. The van der Waals surface area contributed by atoms with Crippen molar-refractivity contribution in [1.29, 1.82) is 0 Å². The fourth-order valence-electron chi connectivity index (χ4n) is 2.44. The van der Waals surface area contributed by atoms with Crippen LogP contribution in [-0.4, -0.2) is 27.0 Å². The van der Waals surface area contributed by atoms with E-state index in [0.29, 0.717) is 10.7 Å². The zero-order valence-electron chi connectivity index (χ0n) is 15.5. The number of carbonyl (C=O) groups is 2. The predicted octanol–water partition coefficient (Wildman–Crippen LogP) is 3.39. The fraction of sp³-hybridized carbons (Fsp3) is 0.143. The molecule has 1 aromatic heterocycles. The van der Waals surface area contributed by atoms with Gasteiger partial charge in [-0.2, -0.15) is 0 Å². The third kappa shape index (κ3) is 5.17. The summed E-state index contributed by atoms with van der Waals surface area (Å²) in [6.45, 7) is 3.63. The van der Waals surface area contributed by atoms with E-state index in [1.165, 1.54) is 11.8 Å². The maximum absolute atomic E-state index is 12.3. The van der Waals surface area contributed by atoms with Gasteiger partial charge in [-0.25, -0.2) is 9.97 Å². The van der Waals surface area contributed by atoms with Gasteiger partial charge in [0, 0.05) is 16.8 Å². The Hall–Kier alpha value is -3.19. The van der Waals surface area contributed by atoms with Gasteiger partial charge in [0.2, 0.25) is 0 Å². The normalized spacial score (nSPS) is 11.5. The number of carbonyl (C=O) groups excluding carboxylic acids is 2. The molecule has 0 saturated heterocycles. The molecule has 0 unspecified atom stereocenters. The van der Waals surface area contributed by atoms with E-state index in [2.05, 4.69) is 20.8 Å². The minimum atomic E-state index is -0.485. The van der Waals surface area contributed by atoms with Crippen LogP contribution in [-0.2, 0) is 4.79 Å². The van der Waals surface area contributed by atoms with Crippen molar-refractivity contribution in [3.63, 3.8) is 0 Å². The summed E-state index contributed by atoms with van der Waals surface area (Å²) in [5.74, 6) is -0.704. The van der Waals surface area contributed by atoms with Gasteiger partial charge in [-0.05, 0) is 32.0 Å². The first-order chi connectivity index (χ1) is 13.5. The number of aromatic nitrogens is 2. The Labute approximate surface area is 167 Å². The van der Waals surface area contributed by atoms with Crippen LogP contribution in [0.15, 0.2) is 71.9 Å². The molecule has 0 aliphatic heterocycles. The molecule has 7 heteroatoms. The summed E-state index contributed by atoms with van der Waals surface area (Å²) in [5.41, 5.74) is 7.95. The van der Waals surface area contributed by atoms with Gasteiger partial charge in [-0.15, -0.1) is 0 Å². The molecule has 6 nitrogen and oxygen atoms in total. The summed E-state index contributed by atoms with van der Waals surface area (Å²) in [5, 5.41) is 0.0254. The molecule has 142 valence electrons. The lowest BCUT2D eigenvalue weighted by atomic mass is 10.1. The molecule has 2 aromatic carbocycles. The third-order valence-corrected chi connectivity index (χ3v) is 4.85. The van der Waals surface area contributed by atoms with Crippen LogP contribution in [0, 0.1) is 6.92 Å². The Balaban J connectivity index is 1.62. The summed E-state index contributed by atoms with van der Waals surface area (Å²) in [7, 11) is 0. The molecule has 0 fully saturated rings. The van der Waals surface area contributed by atoms with Crippen molar-refractivity contribution in [2.24, 2.45) is 0 Å². The number of hydrogen-bond donors (Lipinski definition) is 2. The second-order valence-corrected chi connectivity index (χ2v) is 7.42.